The summed E-state index contributed by atoms with van der Waals surface area (Å²) in [5.41, 5.74) is 9.41. The van der Waals surface area contributed by atoms with Crippen molar-refractivity contribution in [2.45, 2.75) is 31.8 Å². The number of hydrogen-bond acceptors (Lipinski definition) is 6. The highest BCUT2D eigenvalue weighted by atomic mass is 19.1. The molecule has 1 aliphatic carbocycles. The Morgan fingerprint density at radius 1 is 1.00 bits per heavy atom. The van der Waals surface area contributed by atoms with Gasteiger partial charge in [0.15, 0.2) is 5.78 Å². The van der Waals surface area contributed by atoms with Crippen molar-refractivity contribution in [2.75, 3.05) is 13.2 Å². The lowest BCUT2D eigenvalue weighted by Crippen LogP contribution is -2.25. The summed E-state index contributed by atoms with van der Waals surface area (Å²) in [5, 5.41) is 17.3. The van der Waals surface area contributed by atoms with Crippen molar-refractivity contribution in [3.05, 3.63) is 118 Å². The molecule has 4 N–H and O–H groups in total. The van der Waals surface area contributed by atoms with E-state index >= 15 is 4.39 Å². The van der Waals surface area contributed by atoms with Crippen molar-refractivity contribution in [2.24, 2.45) is 11.7 Å². The van der Waals surface area contributed by atoms with E-state index < -0.39 is 24.0 Å². The molecule has 200 valence electrons. The van der Waals surface area contributed by atoms with Crippen LogP contribution in [-0.4, -0.2) is 39.6 Å². The molecular weight excluding hydrogens is 495 g/mol. The largest absolute Gasteiger partial charge is 0.388 e. The second kappa shape index (κ2) is 11.8. The molecule has 0 radical (unpaired) electrons. The van der Waals surface area contributed by atoms with Gasteiger partial charge in [-0.1, -0.05) is 54.6 Å². The molecule has 1 heterocycles. The number of hydrogen-bond donors (Lipinski definition) is 3. The fourth-order valence-corrected chi connectivity index (χ4v) is 4.66. The zero-order valence-corrected chi connectivity index (χ0v) is 21.5. The normalized spacial score (nSPS) is 13.8. The third-order valence-electron chi connectivity index (χ3n) is 7.01. The summed E-state index contributed by atoms with van der Waals surface area (Å²) in [5.74, 6) is -0.843. The smallest absolute Gasteiger partial charge is 0.208 e. The number of Topliss-reactive ketones (excluding diaryl/α,β-unsaturated/α-hetero) is 2. The Labute approximate surface area is 226 Å². The van der Waals surface area contributed by atoms with Crippen LogP contribution in [-0.2, 0) is 13.0 Å². The summed E-state index contributed by atoms with van der Waals surface area (Å²) in [6.07, 6.45) is 2.19. The van der Waals surface area contributed by atoms with E-state index in [0.717, 1.165) is 23.2 Å². The first-order chi connectivity index (χ1) is 19.0. The second-order valence-corrected chi connectivity index (χ2v) is 9.93. The van der Waals surface area contributed by atoms with Crippen molar-refractivity contribution in [1.82, 2.24) is 15.1 Å². The van der Waals surface area contributed by atoms with Crippen LogP contribution in [0.3, 0.4) is 0 Å². The SMILES string of the molecule is NCc1cccc(-n2nc(C(=O)CO)cc2C(=O)Cc2cc(C(NCC3CC3)c3ccccc3)ccc2F)c1. The fraction of sp³-hybridized carbons (Fsp3) is 0.258. The zero-order chi connectivity index (χ0) is 27.4. The molecular formula is C31H31FN4O3. The minimum atomic E-state index is -0.737. The number of halogens is 1. The lowest BCUT2D eigenvalue weighted by Gasteiger charge is -2.21. The van der Waals surface area contributed by atoms with Crippen LogP contribution in [0.4, 0.5) is 4.39 Å². The monoisotopic (exact) mass is 526 g/mol. The van der Waals surface area contributed by atoms with Gasteiger partial charge in [-0.25, -0.2) is 9.07 Å². The van der Waals surface area contributed by atoms with Crippen LogP contribution in [0.5, 0.6) is 0 Å². The minimum Gasteiger partial charge on any atom is -0.388 e. The maximum Gasteiger partial charge on any atom is 0.208 e. The topological polar surface area (TPSA) is 110 Å². The Morgan fingerprint density at radius 2 is 1.79 bits per heavy atom. The molecule has 1 aromatic heterocycles. The van der Waals surface area contributed by atoms with E-state index in [1.54, 1.807) is 30.3 Å². The molecule has 1 atom stereocenters. The minimum absolute atomic E-state index is 0.0401. The van der Waals surface area contributed by atoms with Crippen molar-refractivity contribution < 1.29 is 19.1 Å². The molecule has 1 aliphatic rings. The van der Waals surface area contributed by atoms with Gasteiger partial charge in [0.05, 0.1) is 11.7 Å². The Morgan fingerprint density at radius 3 is 2.51 bits per heavy atom. The highest BCUT2D eigenvalue weighted by molar-refractivity contribution is 6.01. The van der Waals surface area contributed by atoms with E-state index in [2.05, 4.69) is 10.4 Å². The number of carbonyl (C=O) groups excluding carboxylic acids is 2. The lowest BCUT2D eigenvalue weighted by molar-refractivity contribution is 0.0898. The first kappa shape index (κ1) is 26.6. The highest BCUT2D eigenvalue weighted by Gasteiger charge is 2.25. The summed E-state index contributed by atoms with van der Waals surface area (Å²) in [4.78, 5) is 25.8. The second-order valence-electron chi connectivity index (χ2n) is 9.93. The molecule has 1 unspecified atom stereocenters. The third kappa shape index (κ3) is 6.20. The van der Waals surface area contributed by atoms with Gasteiger partial charge in [-0.15, -0.1) is 0 Å². The van der Waals surface area contributed by atoms with Gasteiger partial charge in [-0.3, -0.25) is 9.59 Å². The van der Waals surface area contributed by atoms with Gasteiger partial charge in [0.2, 0.25) is 5.78 Å². The summed E-state index contributed by atoms with van der Waals surface area (Å²) in [6.45, 7) is 0.420. The summed E-state index contributed by atoms with van der Waals surface area (Å²) < 4.78 is 16.4. The van der Waals surface area contributed by atoms with Gasteiger partial charge in [-0.05, 0) is 71.8 Å². The van der Waals surface area contributed by atoms with E-state index in [1.807, 2.05) is 36.4 Å². The summed E-state index contributed by atoms with van der Waals surface area (Å²) in [7, 11) is 0. The molecule has 4 aromatic rings. The number of carbonyl (C=O) groups is 2. The molecule has 0 aliphatic heterocycles. The van der Waals surface area contributed by atoms with Gasteiger partial charge in [0, 0.05) is 13.0 Å². The molecule has 7 nitrogen and oxygen atoms in total. The number of aliphatic hydroxyl groups excluding tert-OH is 1. The first-order valence-electron chi connectivity index (χ1n) is 13.1. The number of benzene rings is 3. The fourth-order valence-electron chi connectivity index (χ4n) is 4.66. The van der Waals surface area contributed by atoms with Crippen LogP contribution in [0.15, 0.2) is 78.9 Å². The average molecular weight is 527 g/mol. The summed E-state index contributed by atoms with van der Waals surface area (Å²) >= 11 is 0. The van der Waals surface area contributed by atoms with Crippen LogP contribution in [0, 0.1) is 11.7 Å². The van der Waals surface area contributed by atoms with Crippen LogP contribution in [0.1, 0.15) is 62.1 Å². The number of ketones is 2. The molecule has 0 amide bonds. The quantitative estimate of drug-likeness (QED) is 0.239. The van der Waals surface area contributed by atoms with Gasteiger partial charge in [0.25, 0.3) is 0 Å². The number of aromatic nitrogens is 2. The van der Waals surface area contributed by atoms with E-state index in [-0.39, 0.29) is 36.0 Å². The molecule has 1 saturated carbocycles. The first-order valence-corrected chi connectivity index (χ1v) is 13.1. The number of nitrogens with one attached hydrogen (secondary N) is 1. The highest BCUT2D eigenvalue weighted by Crippen LogP contribution is 2.31. The Balaban J connectivity index is 1.47. The van der Waals surface area contributed by atoms with E-state index in [4.69, 9.17) is 5.73 Å². The van der Waals surface area contributed by atoms with Gasteiger partial charge in [-0.2, -0.15) is 5.10 Å². The van der Waals surface area contributed by atoms with Crippen molar-refractivity contribution >= 4 is 11.6 Å². The number of aliphatic hydroxyl groups is 1. The molecule has 1 fully saturated rings. The summed E-state index contributed by atoms with van der Waals surface area (Å²) in [6, 6.07) is 23.2. The Kier molecular flexibility index (Phi) is 8.07. The Hall–Kier alpha value is -3.98. The van der Waals surface area contributed by atoms with Crippen LogP contribution < -0.4 is 11.1 Å². The van der Waals surface area contributed by atoms with Crippen LogP contribution >= 0.6 is 0 Å². The van der Waals surface area contributed by atoms with Gasteiger partial charge in [0.1, 0.15) is 23.8 Å². The van der Waals surface area contributed by atoms with Crippen LogP contribution in [0.2, 0.25) is 0 Å². The third-order valence-corrected chi connectivity index (χ3v) is 7.01. The number of rotatable bonds is 12. The van der Waals surface area contributed by atoms with Crippen molar-refractivity contribution in [3.8, 4) is 5.69 Å². The molecule has 3 aromatic carbocycles. The Bertz CT molecular complexity index is 1480. The molecule has 0 spiro atoms. The van der Waals surface area contributed by atoms with Gasteiger partial charge < -0.3 is 16.2 Å². The zero-order valence-electron chi connectivity index (χ0n) is 21.5. The molecule has 8 heteroatoms. The van der Waals surface area contributed by atoms with E-state index in [9.17, 15) is 14.7 Å². The lowest BCUT2D eigenvalue weighted by atomic mass is 9.95. The predicted octanol–water partition coefficient (Wildman–Crippen LogP) is 4.16. The molecule has 5 rings (SSSR count). The maximum atomic E-state index is 15.0. The predicted molar refractivity (Wildman–Crippen MR) is 146 cm³/mol. The van der Waals surface area contributed by atoms with E-state index in [0.29, 0.717) is 11.6 Å². The molecule has 39 heavy (non-hydrogen) atoms. The molecule has 0 saturated heterocycles. The van der Waals surface area contributed by atoms with Crippen molar-refractivity contribution in [3.63, 3.8) is 0 Å². The number of nitrogens with two attached hydrogens (primary N) is 1. The van der Waals surface area contributed by atoms with Crippen LogP contribution in [0.25, 0.3) is 5.69 Å². The van der Waals surface area contributed by atoms with Gasteiger partial charge >= 0.3 is 0 Å². The van der Waals surface area contributed by atoms with E-state index in [1.165, 1.54) is 29.7 Å². The molecule has 0 bridgehead atoms. The van der Waals surface area contributed by atoms with Crippen molar-refractivity contribution in [1.29, 1.82) is 0 Å². The average Bonchev–Trinajstić information content (AvgIpc) is 3.69. The standard InChI is InChI=1S/C31H31FN4O3/c32-26-12-11-23(31(34-18-20-9-10-20)22-6-2-1-3-7-22)14-24(26)15-29(38)28-16-27(30(39)19-37)35-36(28)25-8-4-5-21(13-25)17-33/h1-8,11-14,16,20,31,34,37H,9-10,15,17-19,33H2. The number of nitrogens with zero attached hydrogens (tertiary/aromatic N) is 2. The maximum absolute atomic E-state index is 15.0.